The SMILES string of the molecule is CCCNc1ncnc(NCCC(O)CC)c1Br. The van der Waals surface area contributed by atoms with Crippen LogP contribution in [0.4, 0.5) is 11.6 Å². The average Bonchev–Trinajstić information content (AvgIpc) is 2.39. The van der Waals surface area contributed by atoms with Crippen molar-refractivity contribution in [1.82, 2.24) is 9.97 Å². The van der Waals surface area contributed by atoms with Crippen molar-refractivity contribution in [2.24, 2.45) is 0 Å². The fourth-order valence-corrected chi connectivity index (χ4v) is 1.91. The summed E-state index contributed by atoms with van der Waals surface area (Å²) in [6.07, 6.45) is 3.81. The highest BCUT2D eigenvalue weighted by Crippen LogP contribution is 2.26. The summed E-state index contributed by atoms with van der Waals surface area (Å²) in [5.41, 5.74) is 0. The van der Waals surface area contributed by atoms with Crippen molar-refractivity contribution in [2.45, 2.75) is 39.2 Å². The summed E-state index contributed by atoms with van der Waals surface area (Å²) >= 11 is 3.48. The number of hydrogen-bond donors (Lipinski definition) is 3. The Kier molecular flexibility index (Phi) is 6.97. The van der Waals surface area contributed by atoms with Gasteiger partial charge in [-0.05, 0) is 35.2 Å². The first-order valence-corrected chi connectivity index (χ1v) is 7.14. The molecule has 6 heteroatoms. The van der Waals surface area contributed by atoms with Gasteiger partial charge in [0.05, 0.1) is 6.10 Å². The minimum atomic E-state index is -0.254. The first kappa shape index (κ1) is 15.2. The van der Waals surface area contributed by atoms with Gasteiger partial charge in [-0.15, -0.1) is 0 Å². The molecule has 3 N–H and O–H groups in total. The van der Waals surface area contributed by atoms with Gasteiger partial charge in [0.2, 0.25) is 0 Å². The maximum atomic E-state index is 9.48. The fraction of sp³-hybridized carbons (Fsp3) is 0.667. The minimum Gasteiger partial charge on any atom is -0.393 e. The molecule has 1 atom stereocenters. The molecule has 18 heavy (non-hydrogen) atoms. The lowest BCUT2D eigenvalue weighted by Crippen LogP contribution is -2.14. The van der Waals surface area contributed by atoms with E-state index < -0.39 is 0 Å². The van der Waals surface area contributed by atoms with E-state index in [1.165, 1.54) is 6.33 Å². The highest BCUT2D eigenvalue weighted by atomic mass is 79.9. The van der Waals surface area contributed by atoms with E-state index in [1.807, 2.05) is 6.92 Å². The Morgan fingerprint density at radius 3 is 2.39 bits per heavy atom. The van der Waals surface area contributed by atoms with Gasteiger partial charge < -0.3 is 15.7 Å². The Bertz CT molecular complexity index is 362. The lowest BCUT2D eigenvalue weighted by Gasteiger charge is -2.12. The molecule has 0 amide bonds. The standard InChI is InChI=1S/C12H21BrN4O/c1-3-6-14-11-10(13)12(17-8-16-11)15-7-5-9(18)4-2/h8-9,18H,3-7H2,1-2H3,(H2,14,15,16,17). The van der Waals surface area contributed by atoms with E-state index in [-0.39, 0.29) is 6.10 Å². The zero-order valence-corrected chi connectivity index (χ0v) is 12.5. The number of nitrogens with zero attached hydrogens (tertiary/aromatic N) is 2. The van der Waals surface area contributed by atoms with E-state index >= 15 is 0 Å². The van der Waals surface area contributed by atoms with Crippen LogP contribution in [0.2, 0.25) is 0 Å². The highest BCUT2D eigenvalue weighted by Gasteiger charge is 2.08. The predicted octanol–water partition coefficient (Wildman–Crippen LogP) is 2.63. The Morgan fingerprint density at radius 2 is 1.83 bits per heavy atom. The molecule has 0 saturated heterocycles. The summed E-state index contributed by atoms with van der Waals surface area (Å²) in [4.78, 5) is 8.36. The molecule has 1 aromatic heterocycles. The summed E-state index contributed by atoms with van der Waals surface area (Å²) < 4.78 is 0.837. The summed E-state index contributed by atoms with van der Waals surface area (Å²) in [5.74, 6) is 1.55. The minimum absolute atomic E-state index is 0.254. The van der Waals surface area contributed by atoms with Crippen LogP contribution in [0, 0.1) is 0 Å². The maximum absolute atomic E-state index is 9.48. The number of aromatic nitrogens is 2. The van der Waals surface area contributed by atoms with Crippen molar-refractivity contribution >= 4 is 27.6 Å². The highest BCUT2D eigenvalue weighted by molar-refractivity contribution is 9.10. The molecule has 0 bridgehead atoms. The predicted molar refractivity (Wildman–Crippen MR) is 77.9 cm³/mol. The number of hydrogen-bond acceptors (Lipinski definition) is 5. The second-order valence-electron chi connectivity index (χ2n) is 4.09. The van der Waals surface area contributed by atoms with Gasteiger partial charge in [-0.25, -0.2) is 9.97 Å². The quantitative estimate of drug-likeness (QED) is 0.687. The molecule has 0 aliphatic rings. The third kappa shape index (κ3) is 4.78. The van der Waals surface area contributed by atoms with Crippen molar-refractivity contribution in [3.8, 4) is 0 Å². The van der Waals surface area contributed by atoms with Crippen LogP contribution < -0.4 is 10.6 Å². The fourth-order valence-electron chi connectivity index (χ4n) is 1.42. The molecular weight excluding hydrogens is 296 g/mol. The molecule has 1 unspecified atom stereocenters. The Labute approximate surface area is 117 Å². The van der Waals surface area contributed by atoms with Crippen molar-refractivity contribution < 1.29 is 5.11 Å². The number of nitrogens with one attached hydrogen (secondary N) is 2. The van der Waals surface area contributed by atoms with Gasteiger partial charge in [-0.1, -0.05) is 13.8 Å². The average molecular weight is 317 g/mol. The molecule has 102 valence electrons. The van der Waals surface area contributed by atoms with Gasteiger partial charge in [0.15, 0.2) is 0 Å². The van der Waals surface area contributed by atoms with Crippen LogP contribution in [-0.2, 0) is 0 Å². The van der Waals surface area contributed by atoms with Gasteiger partial charge in [-0.3, -0.25) is 0 Å². The van der Waals surface area contributed by atoms with Gasteiger partial charge in [0.1, 0.15) is 22.4 Å². The smallest absolute Gasteiger partial charge is 0.145 e. The number of aliphatic hydroxyl groups is 1. The molecular formula is C12H21BrN4O. The van der Waals surface area contributed by atoms with Gasteiger partial charge in [0.25, 0.3) is 0 Å². The van der Waals surface area contributed by atoms with Crippen molar-refractivity contribution in [3.05, 3.63) is 10.8 Å². The van der Waals surface area contributed by atoms with E-state index in [4.69, 9.17) is 0 Å². The van der Waals surface area contributed by atoms with Crippen LogP contribution in [0.1, 0.15) is 33.1 Å². The second kappa shape index (κ2) is 8.26. The molecule has 0 fully saturated rings. The van der Waals surface area contributed by atoms with E-state index in [1.54, 1.807) is 0 Å². The molecule has 0 radical (unpaired) electrons. The Hall–Kier alpha value is -0.880. The molecule has 0 aliphatic carbocycles. The van der Waals surface area contributed by atoms with E-state index in [0.717, 1.165) is 35.5 Å². The van der Waals surface area contributed by atoms with Crippen LogP contribution in [0.3, 0.4) is 0 Å². The van der Waals surface area contributed by atoms with Gasteiger partial charge in [-0.2, -0.15) is 0 Å². The zero-order valence-electron chi connectivity index (χ0n) is 10.9. The normalized spacial score (nSPS) is 12.2. The van der Waals surface area contributed by atoms with Crippen LogP contribution >= 0.6 is 15.9 Å². The van der Waals surface area contributed by atoms with E-state index in [2.05, 4.69) is 43.5 Å². The molecule has 0 aliphatic heterocycles. The lowest BCUT2D eigenvalue weighted by atomic mass is 10.2. The summed E-state index contributed by atoms with van der Waals surface area (Å²) in [6.45, 7) is 5.65. The molecule has 0 aromatic carbocycles. The molecule has 1 rings (SSSR count). The molecule has 1 aromatic rings. The molecule has 0 saturated carbocycles. The van der Waals surface area contributed by atoms with Crippen LogP contribution in [0.15, 0.2) is 10.8 Å². The van der Waals surface area contributed by atoms with Gasteiger partial charge >= 0.3 is 0 Å². The van der Waals surface area contributed by atoms with Crippen molar-refractivity contribution in [1.29, 1.82) is 0 Å². The topological polar surface area (TPSA) is 70.1 Å². The van der Waals surface area contributed by atoms with Crippen molar-refractivity contribution in [3.63, 3.8) is 0 Å². The third-order valence-electron chi connectivity index (χ3n) is 2.57. The number of rotatable bonds is 8. The number of aliphatic hydroxyl groups excluding tert-OH is 1. The summed E-state index contributed by atoms with van der Waals surface area (Å²) in [7, 11) is 0. The number of halogens is 1. The third-order valence-corrected chi connectivity index (χ3v) is 3.32. The Morgan fingerprint density at radius 1 is 1.22 bits per heavy atom. The molecule has 0 spiro atoms. The van der Waals surface area contributed by atoms with E-state index in [0.29, 0.717) is 13.0 Å². The largest absolute Gasteiger partial charge is 0.393 e. The lowest BCUT2D eigenvalue weighted by molar-refractivity contribution is 0.164. The molecule has 1 heterocycles. The zero-order chi connectivity index (χ0) is 13.4. The second-order valence-corrected chi connectivity index (χ2v) is 4.88. The monoisotopic (exact) mass is 316 g/mol. The Balaban J connectivity index is 2.54. The summed E-state index contributed by atoms with van der Waals surface area (Å²) in [5, 5.41) is 15.9. The van der Waals surface area contributed by atoms with Crippen LogP contribution in [0.25, 0.3) is 0 Å². The van der Waals surface area contributed by atoms with Crippen LogP contribution in [0.5, 0.6) is 0 Å². The first-order chi connectivity index (χ1) is 8.69. The number of anilines is 2. The van der Waals surface area contributed by atoms with E-state index in [9.17, 15) is 5.11 Å². The van der Waals surface area contributed by atoms with Crippen LogP contribution in [-0.4, -0.2) is 34.3 Å². The van der Waals surface area contributed by atoms with Crippen molar-refractivity contribution in [2.75, 3.05) is 23.7 Å². The molecule has 5 nitrogen and oxygen atoms in total. The maximum Gasteiger partial charge on any atom is 0.145 e. The van der Waals surface area contributed by atoms with Gasteiger partial charge in [0, 0.05) is 13.1 Å². The first-order valence-electron chi connectivity index (χ1n) is 6.35. The summed E-state index contributed by atoms with van der Waals surface area (Å²) in [6, 6.07) is 0.